The molecule has 0 spiro atoms. The Balaban J connectivity index is 1.95. The second-order valence-electron chi connectivity index (χ2n) is 5.79. The van der Waals surface area contributed by atoms with E-state index in [2.05, 4.69) is 5.32 Å². The number of methoxy groups -OCH3 is 1. The van der Waals surface area contributed by atoms with Crippen LogP contribution in [0.1, 0.15) is 31.9 Å². The minimum Gasteiger partial charge on any atom is -0.465 e. The van der Waals surface area contributed by atoms with E-state index in [-0.39, 0.29) is 6.42 Å². The van der Waals surface area contributed by atoms with Gasteiger partial charge in [-0.1, -0.05) is 24.3 Å². The van der Waals surface area contributed by atoms with E-state index >= 15 is 0 Å². The van der Waals surface area contributed by atoms with Gasteiger partial charge in [0, 0.05) is 4.88 Å². The van der Waals surface area contributed by atoms with Gasteiger partial charge in [0.1, 0.15) is 5.00 Å². The molecule has 0 aliphatic rings. The van der Waals surface area contributed by atoms with Crippen LogP contribution < -0.4 is 5.32 Å². The van der Waals surface area contributed by atoms with Crippen LogP contribution in [-0.2, 0) is 25.5 Å². The summed E-state index contributed by atoms with van der Waals surface area (Å²) < 4.78 is 9.80. The van der Waals surface area contributed by atoms with E-state index in [0.717, 1.165) is 21.6 Å². The second-order valence-corrected chi connectivity index (χ2v) is 7.02. The number of benzene rings is 1. The largest absolute Gasteiger partial charge is 0.465 e. The molecule has 0 aliphatic carbocycles. The molecule has 0 aliphatic heterocycles. The number of rotatable bonds is 6. The monoisotopic (exact) mass is 375 g/mol. The molecule has 1 amide bonds. The summed E-state index contributed by atoms with van der Waals surface area (Å²) in [7, 11) is 1.29. The third-order valence-electron chi connectivity index (χ3n) is 3.99. The van der Waals surface area contributed by atoms with Gasteiger partial charge in [0.15, 0.2) is 6.61 Å². The minimum absolute atomic E-state index is 0.102. The highest BCUT2D eigenvalue weighted by Crippen LogP contribution is 2.32. The highest BCUT2D eigenvalue weighted by Gasteiger charge is 2.22. The molecule has 2 aromatic rings. The van der Waals surface area contributed by atoms with Crippen LogP contribution >= 0.6 is 11.3 Å². The zero-order chi connectivity index (χ0) is 19.3. The SMILES string of the molecule is COC(=O)c1c(NC(=O)COC(=O)Cc2ccccc2C)sc(C)c1C. The van der Waals surface area contributed by atoms with Crippen LogP contribution in [0.25, 0.3) is 0 Å². The van der Waals surface area contributed by atoms with Gasteiger partial charge in [-0.2, -0.15) is 0 Å². The van der Waals surface area contributed by atoms with E-state index in [4.69, 9.17) is 9.47 Å². The standard InChI is InChI=1S/C19H21NO5S/c1-11-7-5-6-8-14(11)9-16(22)25-10-15(21)20-18-17(19(23)24-4)12(2)13(3)26-18/h5-8H,9-10H2,1-4H3,(H,20,21). The number of carbonyl (C=O) groups is 3. The predicted molar refractivity (Wildman–Crippen MR) is 99.6 cm³/mol. The van der Waals surface area contributed by atoms with E-state index in [9.17, 15) is 14.4 Å². The molecule has 1 aromatic heterocycles. The fourth-order valence-electron chi connectivity index (χ4n) is 2.39. The average molecular weight is 375 g/mol. The van der Waals surface area contributed by atoms with E-state index in [0.29, 0.717) is 10.6 Å². The molecule has 0 bridgehead atoms. The molecular formula is C19H21NO5S. The van der Waals surface area contributed by atoms with Crippen molar-refractivity contribution < 1.29 is 23.9 Å². The van der Waals surface area contributed by atoms with E-state index < -0.39 is 24.5 Å². The van der Waals surface area contributed by atoms with Crippen LogP contribution in [0, 0.1) is 20.8 Å². The highest BCUT2D eigenvalue weighted by atomic mass is 32.1. The van der Waals surface area contributed by atoms with Crippen molar-refractivity contribution in [1.82, 2.24) is 0 Å². The van der Waals surface area contributed by atoms with Gasteiger partial charge in [0.2, 0.25) is 0 Å². The lowest BCUT2D eigenvalue weighted by Gasteiger charge is -2.08. The van der Waals surface area contributed by atoms with Crippen molar-refractivity contribution in [2.45, 2.75) is 27.2 Å². The third-order valence-corrected chi connectivity index (χ3v) is 5.11. The van der Waals surface area contributed by atoms with Crippen LogP contribution in [0.2, 0.25) is 0 Å². The molecule has 0 atom stereocenters. The fourth-order valence-corrected chi connectivity index (χ4v) is 3.45. The number of thiophene rings is 1. The maximum Gasteiger partial charge on any atom is 0.341 e. The van der Waals surface area contributed by atoms with Crippen LogP contribution in [-0.4, -0.2) is 31.6 Å². The zero-order valence-electron chi connectivity index (χ0n) is 15.2. The maximum atomic E-state index is 12.1. The van der Waals surface area contributed by atoms with Gasteiger partial charge >= 0.3 is 11.9 Å². The molecule has 7 heteroatoms. The summed E-state index contributed by atoms with van der Waals surface area (Å²) in [6, 6.07) is 7.49. The summed E-state index contributed by atoms with van der Waals surface area (Å²) in [6.45, 7) is 5.13. The Hall–Kier alpha value is -2.67. The molecule has 0 saturated carbocycles. The van der Waals surface area contributed by atoms with Crippen LogP contribution in [0.4, 0.5) is 5.00 Å². The molecule has 6 nitrogen and oxygen atoms in total. The molecule has 2 rings (SSSR count). The first-order valence-corrected chi connectivity index (χ1v) is 8.83. The van der Waals surface area contributed by atoms with Gasteiger partial charge in [-0.15, -0.1) is 11.3 Å². The smallest absolute Gasteiger partial charge is 0.341 e. The summed E-state index contributed by atoms with van der Waals surface area (Å²) in [4.78, 5) is 36.8. The van der Waals surface area contributed by atoms with Gasteiger partial charge in [-0.25, -0.2) is 4.79 Å². The molecule has 0 unspecified atom stereocenters. The summed E-state index contributed by atoms with van der Waals surface area (Å²) in [6.07, 6.45) is 0.102. The fraction of sp³-hybridized carbons (Fsp3) is 0.316. The molecule has 0 saturated heterocycles. The number of hydrogen-bond donors (Lipinski definition) is 1. The molecule has 1 aromatic carbocycles. The van der Waals surface area contributed by atoms with E-state index in [1.54, 1.807) is 6.92 Å². The Bertz CT molecular complexity index is 840. The Morgan fingerprint density at radius 1 is 1.12 bits per heavy atom. The molecule has 0 fully saturated rings. The van der Waals surface area contributed by atoms with E-state index in [1.807, 2.05) is 38.1 Å². The summed E-state index contributed by atoms with van der Waals surface area (Å²) in [5.41, 5.74) is 2.93. The minimum atomic E-state index is -0.515. The van der Waals surface area contributed by atoms with Crippen molar-refractivity contribution in [3.8, 4) is 0 Å². The van der Waals surface area contributed by atoms with Crippen LogP contribution in [0.15, 0.2) is 24.3 Å². The van der Waals surface area contributed by atoms with Gasteiger partial charge in [-0.3, -0.25) is 9.59 Å². The highest BCUT2D eigenvalue weighted by molar-refractivity contribution is 7.16. The summed E-state index contributed by atoms with van der Waals surface area (Å²) in [5.74, 6) is -1.51. The lowest BCUT2D eigenvalue weighted by Crippen LogP contribution is -2.22. The van der Waals surface area contributed by atoms with Gasteiger partial charge in [0.25, 0.3) is 5.91 Å². The first-order valence-electron chi connectivity index (χ1n) is 8.01. The Labute approximate surface area is 156 Å². The maximum absolute atomic E-state index is 12.1. The molecule has 0 radical (unpaired) electrons. The zero-order valence-corrected chi connectivity index (χ0v) is 16.0. The number of anilines is 1. The topological polar surface area (TPSA) is 81.7 Å². The number of carbonyl (C=O) groups excluding carboxylic acids is 3. The number of nitrogens with one attached hydrogen (secondary N) is 1. The molecule has 26 heavy (non-hydrogen) atoms. The second kappa shape index (κ2) is 8.62. The van der Waals surface area contributed by atoms with E-state index in [1.165, 1.54) is 18.4 Å². The van der Waals surface area contributed by atoms with Crippen molar-refractivity contribution in [3.63, 3.8) is 0 Å². The number of amides is 1. The molecule has 1 N–H and O–H groups in total. The van der Waals surface area contributed by atoms with Crippen LogP contribution in [0.3, 0.4) is 0 Å². The van der Waals surface area contributed by atoms with Crippen molar-refractivity contribution in [2.24, 2.45) is 0 Å². The number of esters is 2. The van der Waals surface area contributed by atoms with Crippen molar-refractivity contribution >= 4 is 34.2 Å². The average Bonchev–Trinajstić information content (AvgIpc) is 2.88. The molecule has 138 valence electrons. The van der Waals surface area contributed by atoms with Crippen molar-refractivity contribution in [2.75, 3.05) is 19.0 Å². The normalized spacial score (nSPS) is 10.3. The number of aryl methyl sites for hydroxylation is 2. The number of ether oxygens (including phenoxy) is 2. The molecule has 1 heterocycles. The van der Waals surface area contributed by atoms with Gasteiger partial charge < -0.3 is 14.8 Å². The van der Waals surface area contributed by atoms with Crippen LogP contribution in [0.5, 0.6) is 0 Å². The van der Waals surface area contributed by atoms with Gasteiger partial charge in [-0.05, 0) is 37.5 Å². The first kappa shape index (κ1) is 19.7. The number of hydrogen-bond acceptors (Lipinski definition) is 6. The summed E-state index contributed by atoms with van der Waals surface area (Å²) in [5, 5.41) is 3.01. The quantitative estimate of drug-likeness (QED) is 0.784. The predicted octanol–water partition coefficient (Wildman–Crippen LogP) is 3.18. The Kier molecular flexibility index (Phi) is 6.52. The lowest BCUT2D eigenvalue weighted by atomic mass is 10.1. The summed E-state index contributed by atoms with van der Waals surface area (Å²) >= 11 is 1.28. The van der Waals surface area contributed by atoms with Crippen molar-refractivity contribution in [3.05, 3.63) is 51.4 Å². The van der Waals surface area contributed by atoms with Crippen molar-refractivity contribution in [1.29, 1.82) is 0 Å². The third kappa shape index (κ3) is 4.70. The Morgan fingerprint density at radius 3 is 2.46 bits per heavy atom. The molecular weight excluding hydrogens is 354 g/mol. The lowest BCUT2D eigenvalue weighted by molar-refractivity contribution is -0.146. The van der Waals surface area contributed by atoms with Gasteiger partial charge in [0.05, 0.1) is 19.1 Å². The first-order chi connectivity index (χ1) is 12.3. The Morgan fingerprint density at radius 2 is 1.81 bits per heavy atom.